The van der Waals surface area contributed by atoms with E-state index >= 15 is 0 Å². The van der Waals surface area contributed by atoms with Crippen molar-refractivity contribution in [2.24, 2.45) is 5.92 Å². The van der Waals surface area contributed by atoms with Gasteiger partial charge in [-0.3, -0.25) is 0 Å². The molecule has 1 aliphatic carbocycles. The van der Waals surface area contributed by atoms with Crippen molar-refractivity contribution >= 4 is 27.5 Å². The van der Waals surface area contributed by atoms with Crippen molar-refractivity contribution in [2.45, 2.75) is 12.3 Å². The number of hydrogen-bond donors (Lipinski definition) is 0. The number of halogens is 2. The van der Waals surface area contributed by atoms with E-state index in [4.69, 9.17) is 21.1 Å². The fourth-order valence-corrected chi connectivity index (χ4v) is 3.02. The molecule has 0 radical (unpaired) electrons. The number of rotatable bonds is 2. The molecule has 3 rings (SSSR count). The SMILES string of the molecule is Clc1cc(C2CC2CBr)cc2c1OCO2. The zero-order chi connectivity index (χ0) is 10.4. The van der Waals surface area contributed by atoms with Gasteiger partial charge in [0.2, 0.25) is 6.79 Å². The Bertz CT molecular complexity index is 408. The van der Waals surface area contributed by atoms with Crippen LogP contribution in [0.4, 0.5) is 0 Å². The van der Waals surface area contributed by atoms with Gasteiger partial charge < -0.3 is 9.47 Å². The lowest BCUT2D eigenvalue weighted by Gasteiger charge is -2.03. The first kappa shape index (κ1) is 9.79. The van der Waals surface area contributed by atoms with Crippen molar-refractivity contribution in [2.75, 3.05) is 12.1 Å². The number of fused-ring (bicyclic) bond motifs is 1. The van der Waals surface area contributed by atoms with Crippen LogP contribution in [0.3, 0.4) is 0 Å². The molecule has 1 saturated carbocycles. The number of ether oxygens (including phenoxy) is 2. The Morgan fingerprint density at radius 3 is 3.00 bits per heavy atom. The van der Waals surface area contributed by atoms with E-state index in [0.717, 1.165) is 17.0 Å². The average Bonchev–Trinajstić information content (AvgIpc) is 2.88. The largest absolute Gasteiger partial charge is 0.454 e. The molecule has 0 bridgehead atoms. The summed E-state index contributed by atoms with van der Waals surface area (Å²) in [5.41, 5.74) is 1.27. The molecule has 2 aliphatic rings. The summed E-state index contributed by atoms with van der Waals surface area (Å²) in [5.74, 6) is 2.87. The lowest BCUT2D eigenvalue weighted by molar-refractivity contribution is 0.174. The molecule has 1 fully saturated rings. The third kappa shape index (κ3) is 1.62. The topological polar surface area (TPSA) is 18.5 Å². The molecule has 1 heterocycles. The normalized spacial score (nSPS) is 26.8. The highest BCUT2D eigenvalue weighted by molar-refractivity contribution is 9.09. The molecule has 80 valence electrons. The standard InChI is InChI=1S/C11H10BrClO2/c12-4-7-1-8(7)6-2-9(13)11-10(3-6)14-5-15-11/h2-3,7-8H,1,4-5H2. The lowest BCUT2D eigenvalue weighted by Crippen LogP contribution is -1.93. The van der Waals surface area contributed by atoms with Gasteiger partial charge in [-0.25, -0.2) is 0 Å². The smallest absolute Gasteiger partial charge is 0.231 e. The molecular weight excluding hydrogens is 279 g/mol. The van der Waals surface area contributed by atoms with E-state index in [1.54, 1.807) is 0 Å². The van der Waals surface area contributed by atoms with E-state index in [2.05, 4.69) is 22.0 Å². The van der Waals surface area contributed by atoms with Crippen LogP contribution in [0.25, 0.3) is 0 Å². The van der Waals surface area contributed by atoms with Crippen LogP contribution in [-0.4, -0.2) is 12.1 Å². The van der Waals surface area contributed by atoms with Crippen molar-refractivity contribution in [1.82, 2.24) is 0 Å². The van der Waals surface area contributed by atoms with E-state index in [0.29, 0.717) is 16.7 Å². The number of hydrogen-bond acceptors (Lipinski definition) is 2. The first-order valence-electron chi connectivity index (χ1n) is 4.94. The van der Waals surface area contributed by atoms with Gasteiger partial charge in [-0.1, -0.05) is 27.5 Å². The summed E-state index contributed by atoms with van der Waals surface area (Å²) in [6, 6.07) is 4.06. The molecule has 0 saturated heterocycles. The predicted molar refractivity (Wildman–Crippen MR) is 62.2 cm³/mol. The first-order valence-corrected chi connectivity index (χ1v) is 6.44. The maximum Gasteiger partial charge on any atom is 0.231 e. The Labute approximate surface area is 102 Å². The van der Waals surface area contributed by atoms with Crippen molar-refractivity contribution in [3.8, 4) is 11.5 Å². The van der Waals surface area contributed by atoms with Crippen molar-refractivity contribution < 1.29 is 9.47 Å². The monoisotopic (exact) mass is 288 g/mol. The van der Waals surface area contributed by atoms with Crippen LogP contribution in [0.1, 0.15) is 17.9 Å². The molecule has 0 aromatic heterocycles. The third-order valence-electron chi connectivity index (χ3n) is 3.00. The van der Waals surface area contributed by atoms with Gasteiger partial charge in [-0.05, 0) is 36.0 Å². The molecule has 0 N–H and O–H groups in total. The van der Waals surface area contributed by atoms with E-state index in [1.807, 2.05) is 6.07 Å². The molecule has 0 spiro atoms. The minimum Gasteiger partial charge on any atom is -0.454 e. The second-order valence-electron chi connectivity index (χ2n) is 3.99. The zero-order valence-electron chi connectivity index (χ0n) is 8.00. The molecule has 15 heavy (non-hydrogen) atoms. The first-order chi connectivity index (χ1) is 7.29. The summed E-state index contributed by atoms with van der Waals surface area (Å²) in [7, 11) is 0. The Morgan fingerprint density at radius 1 is 1.40 bits per heavy atom. The highest BCUT2D eigenvalue weighted by Gasteiger charge is 2.38. The average molecular weight is 290 g/mol. The van der Waals surface area contributed by atoms with Gasteiger partial charge in [-0.2, -0.15) is 0 Å². The van der Waals surface area contributed by atoms with E-state index in [-0.39, 0.29) is 6.79 Å². The molecule has 4 heteroatoms. The fraction of sp³-hybridized carbons (Fsp3) is 0.455. The van der Waals surface area contributed by atoms with Crippen LogP contribution in [0.2, 0.25) is 5.02 Å². The Balaban J connectivity index is 1.94. The van der Waals surface area contributed by atoms with E-state index in [1.165, 1.54) is 12.0 Å². The van der Waals surface area contributed by atoms with Crippen LogP contribution >= 0.6 is 27.5 Å². The van der Waals surface area contributed by atoms with Crippen LogP contribution in [0, 0.1) is 5.92 Å². The van der Waals surface area contributed by atoms with Gasteiger partial charge in [0.05, 0.1) is 5.02 Å². The van der Waals surface area contributed by atoms with E-state index < -0.39 is 0 Å². The summed E-state index contributed by atoms with van der Waals surface area (Å²) in [6.45, 7) is 0.283. The van der Waals surface area contributed by atoms with Gasteiger partial charge in [0.1, 0.15) is 0 Å². The summed E-state index contributed by atoms with van der Waals surface area (Å²) in [5, 5.41) is 1.73. The fourth-order valence-electron chi connectivity index (χ4n) is 2.03. The summed E-state index contributed by atoms with van der Waals surface area (Å²) >= 11 is 9.63. The van der Waals surface area contributed by atoms with Gasteiger partial charge in [-0.15, -0.1) is 0 Å². The lowest BCUT2D eigenvalue weighted by atomic mass is 10.1. The number of benzene rings is 1. The number of alkyl halides is 1. The van der Waals surface area contributed by atoms with Gasteiger partial charge >= 0.3 is 0 Å². The highest BCUT2D eigenvalue weighted by Crippen LogP contribution is 2.51. The Kier molecular flexibility index (Phi) is 2.33. The second kappa shape index (κ2) is 3.56. The van der Waals surface area contributed by atoms with Crippen molar-refractivity contribution in [3.05, 3.63) is 22.7 Å². The Hall–Kier alpha value is -0.410. The molecule has 0 amide bonds. The maximum atomic E-state index is 6.12. The van der Waals surface area contributed by atoms with Crippen LogP contribution in [-0.2, 0) is 0 Å². The maximum absolute atomic E-state index is 6.12. The molecule has 2 unspecified atom stereocenters. The molecule has 2 nitrogen and oxygen atoms in total. The van der Waals surface area contributed by atoms with E-state index in [9.17, 15) is 0 Å². The second-order valence-corrected chi connectivity index (χ2v) is 5.05. The van der Waals surface area contributed by atoms with Crippen molar-refractivity contribution in [1.29, 1.82) is 0 Å². The van der Waals surface area contributed by atoms with Gasteiger partial charge in [0.15, 0.2) is 11.5 Å². The molecule has 2 atom stereocenters. The zero-order valence-corrected chi connectivity index (χ0v) is 10.3. The van der Waals surface area contributed by atoms with Gasteiger partial charge in [0.25, 0.3) is 0 Å². The Morgan fingerprint density at radius 2 is 2.27 bits per heavy atom. The van der Waals surface area contributed by atoms with Crippen LogP contribution in [0.15, 0.2) is 12.1 Å². The summed E-state index contributed by atoms with van der Waals surface area (Å²) < 4.78 is 10.6. The minimum absolute atomic E-state index is 0.283. The molecule has 1 aromatic rings. The van der Waals surface area contributed by atoms with Crippen LogP contribution in [0.5, 0.6) is 11.5 Å². The molecular formula is C11H10BrClO2. The van der Waals surface area contributed by atoms with Crippen molar-refractivity contribution in [3.63, 3.8) is 0 Å². The van der Waals surface area contributed by atoms with Gasteiger partial charge in [0, 0.05) is 5.33 Å². The molecule has 1 aliphatic heterocycles. The quantitative estimate of drug-likeness (QED) is 0.775. The molecule has 1 aromatic carbocycles. The third-order valence-corrected chi connectivity index (χ3v) is 4.11. The highest BCUT2D eigenvalue weighted by atomic mass is 79.9. The summed E-state index contributed by atoms with van der Waals surface area (Å²) in [6.07, 6.45) is 1.24. The minimum atomic E-state index is 0.283. The predicted octanol–water partition coefficient (Wildman–Crippen LogP) is 3.57. The summed E-state index contributed by atoms with van der Waals surface area (Å²) in [4.78, 5) is 0. The van der Waals surface area contributed by atoms with Crippen LogP contribution < -0.4 is 9.47 Å².